The van der Waals surface area contributed by atoms with Crippen LogP contribution in [0.15, 0.2) is 30.3 Å². The molecule has 1 aromatic rings. The molecule has 0 radical (unpaired) electrons. The standard InChI is InChI=1S/C14H21NO/c16-11-14(12-7-3-1-4-8-12)15-13-9-5-2-6-10-13/h1,3-4,7-8,13-16H,2,5-6,9-11H2/t14-/m1/s1. The lowest BCUT2D eigenvalue weighted by atomic mass is 9.94. The second-order valence-corrected chi connectivity index (χ2v) is 4.65. The minimum Gasteiger partial charge on any atom is -0.394 e. The van der Waals surface area contributed by atoms with Gasteiger partial charge in [0.15, 0.2) is 0 Å². The molecule has 2 rings (SSSR count). The van der Waals surface area contributed by atoms with Crippen molar-refractivity contribution in [3.8, 4) is 0 Å². The van der Waals surface area contributed by atoms with Gasteiger partial charge in [-0.3, -0.25) is 0 Å². The first-order chi connectivity index (χ1) is 7.90. The van der Waals surface area contributed by atoms with E-state index in [1.807, 2.05) is 18.2 Å². The van der Waals surface area contributed by atoms with Crippen LogP contribution >= 0.6 is 0 Å². The summed E-state index contributed by atoms with van der Waals surface area (Å²) in [6.45, 7) is 0.181. The average molecular weight is 219 g/mol. The molecule has 1 aromatic carbocycles. The number of benzene rings is 1. The van der Waals surface area contributed by atoms with Gasteiger partial charge in [0.05, 0.1) is 12.6 Å². The second kappa shape index (κ2) is 6.02. The molecule has 0 aromatic heterocycles. The number of hydrogen-bond acceptors (Lipinski definition) is 2. The van der Waals surface area contributed by atoms with E-state index in [1.165, 1.54) is 37.7 Å². The Morgan fingerprint density at radius 3 is 2.44 bits per heavy atom. The zero-order valence-corrected chi connectivity index (χ0v) is 9.73. The van der Waals surface area contributed by atoms with Crippen molar-refractivity contribution in [1.82, 2.24) is 5.32 Å². The van der Waals surface area contributed by atoms with E-state index in [0.29, 0.717) is 6.04 Å². The van der Waals surface area contributed by atoms with Crippen molar-refractivity contribution in [1.29, 1.82) is 0 Å². The topological polar surface area (TPSA) is 32.3 Å². The summed E-state index contributed by atoms with van der Waals surface area (Å²) in [5.74, 6) is 0. The third kappa shape index (κ3) is 3.06. The van der Waals surface area contributed by atoms with Crippen molar-refractivity contribution < 1.29 is 5.11 Å². The molecule has 1 atom stereocenters. The van der Waals surface area contributed by atoms with Crippen molar-refractivity contribution in [2.75, 3.05) is 6.61 Å². The fraction of sp³-hybridized carbons (Fsp3) is 0.571. The van der Waals surface area contributed by atoms with Crippen LogP contribution in [0.25, 0.3) is 0 Å². The molecule has 2 heteroatoms. The zero-order chi connectivity index (χ0) is 11.2. The van der Waals surface area contributed by atoms with Crippen LogP contribution in [0.1, 0.15) is 43.7 Å². The minimum absolute atomic E-state index is 0.101. The largest absolute Gasteiger partial charge is 0.394 e. The molecule has 1 saturated carbocycles. The molecule has 2 nitrogen and oxygen atoms in total. The first-order valence-corrected chi connectivity index (χ1v) is 6.32. The van der Waals surface area contributed by atoms with Crippen molar-refractivity contribution >= 4 is 0 Å². The Morgan fingerprint density at radius 1 is 1.12 bits per heavy atom. The van der Waals surface area contributed by atoms with E-state index in [0.717, 1.165) is 0 Å². The average Bonchev–Trinajstić information content (AvgIpc) is 2.38. The van der Waals surface area contributed by atoms with Crippen molar-refractivity contribution in [3.05, 3.63) is 35.9 Å². The van der Waals surface area contributed by atoms with Gasteiger partial charge in [0.1, 0.15) is 0 Å². The van der Waals surface area contributed by atoms with E-state index in [-0.39, 0.29) is 12.6 Å². The van der Waals surface area contributed by atoms with E-state index < -0.39 is 0 Å². The minimum atomic E-state index is 0.101. The Balaban J connectivity index is 1.94. The van der Waals surface area contributed by atoms with Crippen LogP contribution in [-0.4, -0.2) is 17.8 Å². The van der Waals surface area contributed by atoms with Crippen LogP contribution in [0.4, 0.5) is 0 Å². The van der Waals surface area contributed by atoms with Crippen molar-refractivity contribution in [2.24, 2.45) is 0 Å². The summed E-state index contributed by atoms with van der Waals surface area (Å²) in [4.78, 5) is 0. The highest BCUT2D eigenvalue weighted by molar-refractivity contribution is 5.19. The Morgan fingerprint density at radius 2 is 1.81 bits per heavy atom. The van der Waals surface area contributed by atoms with Gasteiger partial charge in [-0.2, -0.15) is 0 Å². The molecule has 0 amide bonds. The summed E-state index contributed by atoms with van der Waals surface area (Å²) in [5, 5.41) is 13.0. The van der Waals surface area contributed by atoms with Gasteiger partial charge >= 0.3 is 0 Å². The van der Waals surface area contributed by atoms with Crippen LogP contribution in [0.2, 0.25) is 0 Å². The summed E-state index contributed by atoms with van der Waals surface area (Å²) >= 11 is 0. The highest BCUT2D eigenvalue weighted by Gasteiger charge is 2.18. The fourth-order valence-electron chi connectivity index (χ4n) is 2.49. The zero-order valence-electron chi connectivity index (χ0n) is 9.73. The highest BCUT2D eigenvalue weighted by atomic mass is 16.3. The number of nitrogens with one attached hydrogen (secondary N) is 1. The third-order valence-electron chi connectivity index (χ3n) is 3.43. The van der Waals surface area contributed by atoms with E-state index >= 15 is 0 Å². The van der Waals surface area contributed by atoms with Crippen LogP contribution in [0, 0.1) is 0 Å². The predicted molar refractivity (Wildman–Crippen MR) is 66.3 cm³/mol. The molecule has 2 N–H and O–H groups in total. The number of rotatable bonds is 4. The fourth-order valence-corrected chi connectivity index (χ4v) is 2.49. The quantitative estimate of drug-likeness (QED) is 0.816. The molecule has 0 unspecified atom stereocenters. The molecule has 0 saturated heterocycles. The van der Waals surface area contributed by atoms with Gasteiger partial charge in [0, 0.05) is 6.04 Å². The molecular formula is C14H21NO. The Kier molecular flexibility index (Phi) is 4.37. The van der Waals surface area contributed by atoms with Crippen LogP contribution < -0.4 is 5.32 Å². The molecule has 0 heterocycles. The molecule has 0 aliphatic heterocycles. The van der Waals surface area contributed by atoms with Crippen LogP contribution in [0.5, 0.6) is 0 Å². The van der Waals surface area contributed by atoms with Crippen molar-refractivity contribution in [3.63, 3.8) is 0 Å². The van der Waals surface area contributed by atoms with Crippen molar-refractivity contribution in [2.45, 2.75) is 44.2 Å². The number of aliphatic hydroxyl groups is 1. The van der Waals surface area contributed by atoms with Gasteiger partial charge in [-0.05, 0) is 18.4 Å². The summed E-state index contributed by atoms with van der Waals surface area (Å²) < 4.78 is 0. The number of hydrogen-bond donors (Lipinski definition) is 2. The van der Waals surface area contributed by atoms with Gasteiger partial charge in [-0.15, -0.1) is 0 Å². The summed E-state index contributed by atoms with van der Waals surface area (Å²) in [7, 11) is 0. The lowest BCUT2D eigenvalue weighted by Crippen LogP contribution is -2.36. The lowest BCUT2D eigenvalue weighted by Gasteiger charge is -2.27. The SMILES string of the molecule is OC[C@@H](NC1CCCCC1)c1ccccc1. The monoisotopic (exact) mass is 219 g/mol. The maximum Gasteiger partial charge on any atom is 0.0626 e. The summed E-state index contributed by atoms with van der Waals surface area (Å²) in [6, 6.07) is 10.9. The molecule has 1 aliphatic rings. The van der Waals surface area contributed by atoms with Gasteiger partial charge in [0.2, 0.25) is 0 Å². The van der Waals surface area contributed by atoms with E-state index in [2.05, 4.69) is 17.4 Å². The van der Waals surface area contributed by atoms with Crippen LogP contribution in [0.3, 0.4) is 0 Å². The lowest BCUT2D eigenvalue weighted by molar-refractivity contribution is 0.220. The number of aliphatic hydroxyl groups excluding tert-OH is 1. The first kappa shape index (κ1) is 11.6. The predicted octanol–water partition coefficient (Wildman–Crippen LogP) is 2.64. The van der Waals surface area contributed by atoms with Gasteiger partial charge in [-0.1, -0.05) is 49.6 Å². The molecule has 16 heavy (non-hydrogen) atoms. The maximum absolute atomic E-state index is 9.45. The molecular weight excluding hydrogens is 198 g/mol. The normalized spacial score (nSPS) is 19.6. The summed E-state index contributed by atoms with van der Waals surface area (Å²) in [5.41, 5.74) is 1.19. The Bertz CT molecular complexity index is 293. The van der Waals surface area contributed by atoms with Gasteiger partial charge < -0.3 is 10.4 Å². The molecule has 0 bridgehead atoms. The van der Waals surface area contributed by atoms with E-state index in [9.17, 15) is 5.11 Å². The molecule has 0 spiro atoms. The maximum atomic E-state index is 9.45. The Hall–Kier alpha value is -0.860. The molecule has 1 aliphatic carbocycles. The van der Waals surface area contributed by atoms with Crippen LogP contribution in [-0.2, 0) is 0 Å². The third-order valence-corrected chi connectivity index (χ3v) is 3.43. The second-order valence-electron chi connectivity index (χ2n) is 4.65. The van der Waals surface area contributed by atoms with E-state index in [1.54, 1.807) is 0 Å². The van der Waals surface area contributed by atoms with E-state index in [4.69, 9.17) is 0 Å². The van der Waals surface area contributed by atoms with Gasteiger partial charge in [0.25, 0.3) is 0 Å². The molecule has 1 fully saturated rings. The Labute approximate surface area is 97.7 Å². The first-order valence-electron chi connectivity index (χ1n) is 6.32. The smallest absolute Gasteiger partial charge is 0.0626 e. The molecule has 88 valence electrons. The summed E-state index contributed by atoms with van der Waals surface area (Å²) in [6.07, 6.45) is 6.52. The highest BCUT2D eigenvalue weighted by Crippen LogP contribution is 2.21. The van der Waals surface area contributed by atoms with Gasteiger partial charge in [-0.25, -0.2) is 0 Å².